The van der Waals surface area contributed by atoms with Crippen molar-refractivity contribution in [2.45, 2.75) is 11.8 Å². The summed E-state index contributed by atoms with van der Waals surface area (Å²) in [6, 6.07) is 18.8. The summed E-state index contributed by atoms with van der Waals surface area (Å²) in [5.41, 5.74) is 4.30. The number of fused-ring (bicyclic) bond motifs is 1. The zero-order valence-corrected chi connectivity index (χ0v) is 14.9. The summed E-state index contributed by atoms with van der Waals surface area (Å²) in [4.78, 5) is 16.0. The van der Waals surface area contributed by atoms with Crippen molar-refractivity contribution >= 4 is 28.3 Å². The summed E-state index contributed by atoms with van der Waals surface area (Å²) in [6.07, 6.45) is 4.38. The molecule has 26 heavy (non-hydrogen) atoms. The van der Waals surface area contributed by atoms with E-state index in [1.807, 2.05) is 61.7 Å². The lowest BCUT2D eigenvalue weighted by Gasteiger charge is -2.04. The van der Waals surface area contributed by atoms with Crippen LogP contribution in [-0.2, 0) is 11.0 Å². The Balaban J connectivity index is 1.87. The van der Waals surface area contributed by atoms with Gasteiger partial charge in [0, 0.05) is 28.9 Å². The van der Waals surface area contributed by atoms with E-state index < -0.39 is 11.0 Å². The van der Waals surface area contributed by atoms with Crippen LogP contribution in [0.25, 0.3) is 22.2 Å². The molecule has 0 amide bonds. The van der Waals surface area contributed by atoms with Gasteiger partial charge in [-0.05, 0) is 36.8 Å². The number of carbonyl (C=O) groups excluding carboxylic acids is 1. The van der Waals surface area contributed by atoms with Gasteiger partial charge in [0.25, 0.3) is 0 Å². The number of benzene rings is 2. The van der Waals surface area contributed by atoms with E-state index in [1.165, 1.54) is 0 Å². The largest absolute Gasteiger partial charge is 0.298 e. The summed E-state index contributed by atoms with van der Waals surface area (Å²) < 4.78 is 14.8. The zero-order chi connectivity index (χ0) is 18.1. The molecular formula is C21H16N2O2S. The highest BCUT2D eigenvalue weighted by atomic mass is 32.2. The third-order valence-electron chi connectivity index (χ3n) is 4.29. The number of aromatic nitrogens is 2. The molecule has 4 nitrogen and oxygen atoms in total. The second-order valence-electron chi connectivity index (χ2n) is 6.05. The van der Waals surface area contributed by atoms with Crippen molar-refractivity contribution in [1.82, 2.24) is 8.96 Å². The third kappa shape index (κ3) is 2.86. The van der Waals surface area contributed by atoms with Crippen LogP contribution >= 0.6 is 0 Å². The highest BCUT2D eigenvalue weighted by Gasteiger charge is 2.16. The topological polar surface area (TPSA) is 52.0 Å². The van der Waals surface area contributed by atoms with Crippen LogP contribution in [0.15, 0.2) is 78.0 Å². The first-order chi connectivity index (χ1) is 12.7. The SMILES string of the molecule is Cc1ccc(S(=O)n2cc(-c3ccc(C=O)cc3)c3cccnc32)cc1. The van der Waals surface area contributed by atoms with Crippen LogP contribution in [0.5, 0.6) is 0 Å². The lowest BCUT2D eigenvalue weighted by Crippen LogP contribution is -2.04. The molecule has 2 aromatic carbocycles. The van der Waals surface area contributed by atoms with Crippen LogP contribution in [-0.4, -0.2) is 19.5 Å². The van der Waals surface area contributed by atoms with E-state index in [0.29, 0.717) is 11.2 Å². The predicted octanol–water partition coefficient (Wildman–Crippen LogP) is 4.40. The smallest absolute Gasteiger partial charge is 0.158 e. The number of carbonyl (C=O) groups is 1. The van der Waals surface area contributed by atoms with Gasteiger partial charge < -0.3 is 0 Å². The van der Waals surface area contributed by atoms with Gasteiger partial charge in [0.1, 0.15) is 6.29 Å². The molecule has 128 valence electrons. The maximum atomic E-state index is 13.1. The third-order valence-corrected chi connectivity index (χ3v) is 5.60. The van der Waals surface area contributed by atoms with E-state index in [9.17, 15) is 9.00 Å². The first kappa shape index (κ1) is 16.4. The summed E-state index contributed by atoms with van der Waals surface area (Å²) in [5.74, 6) is 0. The van der Waals surface area contributed by atoms with Gasteiger partial charge in [-0.25, -0.2) is 13.2 Å². The van der Waals surface area contributed by atoms with Crippen LogP contribution in [0.4, 0.5) is 0 Å². The van der Waals surface area contributed by atoms with Crippen LogP contribution in [0.3, 0.4) is 0 Å². The Labute approximate surface area is 153 Å². The summed E-state index contributed by atoms with van der Waals surface area (Å²) >= 11 is 0. The van der Waals surface area contributed by atoms with Crippen LogP contribution < -0.4 is 0 Å². The fourth-order valence-corrected chi connectivity index (χ4v) is 4.00. The van der Waals surface area contributed by atoms with Crippen molar-refractivity contribution in [3.8, 4) is 11.1 Å². The van der Waals surface area contributed by atoms with Gasteiger partial charge in [0.2, 0.25) is 0 Å². The molecule has 4 rings (SSSR count). The number of hydrogen-bond acceptors (Lipinski definition) is 3. The van der Waals surface area contributed by atoms with E-state index in [-0.39, 0.29) is 0 Å². The van der Waals surface area contributed by atoms with Crippen LogP contribution in [0, 0.1) is 6.92 Å². The van der Waals surface area contributed by atoms with E-state index in [4.69, 9.17) is 0 Å². The van der Waals surface area contributed by atoms with Crippen LogP contribution in [0.1, 0.15) is 15.9 Å². The molecule has 2 heterocycles. The van der Waals surface area contributed by atoms with Gasteiger partial charge in [-0.2, -0.15) is 0 Å². The fraction of sp³-hybridized carbons (Fsp3) is 0.0476. The van der Waals surface area contributed by atoms with E-state index in [0.717, 1.165) is 33.3 Å². The molecule has 5 heteroatoms. The summed E-state index contributed by atoms with van der Waals surface area (Å²) in [7, 11) is -1.39. The molecule has 0 aliphatic carbocycles. The minimum Gasteiger partial charge on any atom is -0.298 e. The molecule has 0 spiro atoms. The Morgan fingerprint density at radius 1 is 1.00 bits per heavy atom. The minimum atomic E-state index is -1.39. The van der Waals surface area contributed by atoms with Gasteiger partial charge in [-0.3, -0.25) is 4.79 Å². The monoisotopic (exact) mass is 360 g/mol. The molecule has 1 unspecified atom stereocenters. The highest BCUT2D eigenvalue weighted by molar-refractivity contribution is 7.83. The first-order valence-electron chi connectivity index (χ1n) is 8.18. The molecule has 0 bridgehead atoms. The van der Waals surface area contributed by atoms with Gasteiger partial charge in [-0.1, -0.05) is 42.0 Å². The Kier molecular flexibility index (Phi) is 4.22. The van der Waals surface area contributed by atoms with Crippen molar-refractivity contribution in [3.05, 3.63) is 84.2 Å². The molecule has 0 N–H and O–H groups in total. The van der Waals surface area contributed by atoms with Crippen molar-refractivity contribution in [3.63, 3.8) is 0 Å². The molecular weight excluding hydrogens is 344 g/mol. The number of hydrogen-bond donors (Lipinski definition) is 0. The number of aryl methyl sites for hydroxylation is 1. The Morgan fingerprint density at radius 3 is 2.42 bits per heavy atom. The molecule has 0 aliphatic rings. The van der Waals surface area contributed by atoms with E-state index in [2.05, 4.69) is 4.98 Å². The van der Waals surface area contributed by atoms with E-state index in [1.54, 1.807) is 22.3 Å². The quantitative estimate of drug-likeness (QED) is 0.507. The Hall–Kier alpha value is -3.05. The second-order valence-corrected chi connectivity index (χ2v) is 7.41. The van der Waals surface area contributed by atoms with Gasteiger partial charge in [0.05, 0.1) is 4.90 Å². The molecule has 0 saturated carbocycles. The molecule has 0 radical (unpaired) electrons. The number of aldehydes is 1. The Morgan fingerprint density at radius 2 is 1.73 bits per heavy atom. The predicted molar refractivity (Wildman–Crippen MR) is 104 cm³/mol. The number of rotatable bonds is 4. The Bertz CT molecular complexity index is 1110. The van der Waals surface area contributed by atoms with E-state index >= 15 is 0 Å². The average Bonchev–Trinajstić information content (AvgIpc) is 3.08. The molecule has 0 fully saturated rings. The highest BCUT2D eigenvalue weighted by Crippen LogP contribution is 2.31. The normalized spacial score (nSPS) is 12.2. The molecule has 0 aliphatic heterocycles. The van der Waals surface area contributed by atoms with Crippen molar-refractivity contribution in [1.29, 1.82) is 0 Å². The lowest BCUT2D eigenvalue weighted by molar-refractivity contribution is 0.112. The molecule has 0 saturated heterocycles. The standard InChI is InChI=1S/C21H16N2O2S/c1-15-4-10-18(11-5-15)26(25)23-13-20(19-3-2-12-22-21(19)23)17-8-6-16(14-24)7-9-17/h2-14H,1H3. The van der Waals surface area contributed by atoms with Crippen molar-refractivity contribution in [2.24, 2.45) is 0 Å². The average molecular weight is 360 g/mol. The van der Waals surface area contributed by atoms with Gasteiger partial charge >= 0.3 is 0 Å². The molecule has 1 atom stereocenters. The number of nitrogens with zero attached hydrogens (tertiary/aromatic N) is 2. The summed E-state index contributed by atoms with van der Waals surface area (Å²) in [5, 5.41) is 0.923. The van der Waals surface area contributed by atoms with Crippen LogP contribution in [0.2, 0.25) is 0 Å². The fourth-order valence-electron chi connectivity index (χ4n) is 2.90. The second kappa shape index (κ2) is 6.69. The first-order valence-corrected chi connectivity index (χ1v) is 9.28. The molecule has 4 aromatic rings. The van der Waals surface area contributed by atoms with Crippen molar-refractivity contribution < 1.29 is 9.00 Å². The maximum absolute atomic E-state index is 13.1. The minimum absolute atomic E-state index is 0.624. The summed E-state index contributed by atoms with van der Waals surface area (Å²) in [6.45, 7) is 2.00. The van der Waals surface area contributed by atoms with Crippen molar-refractivity contribution in [2.75, 3.05) is 0 Å². The van der Waals surface area contributed by atoms with Gasteiger partial charge in [0.15, 0.2) is 16.6 Å². The number of pyridine rings is 1. The maximum Gasteiger partial charge on any atom is 0.158 e. The van der Waals surface area contributed by atoms with Gasteiger partial charge in [-0.15, -0.1) is 0 Å². The molecule has 2 aromatic heterocycles. The zero-order valence-electron chi connectivity index (χ0n) is 14.1. The lowest BCUT2D eigenvalue weighted by atomic mass is 10.0.